The lowest BCUT2D eigenvalue weighted by atomic mass is 10.1. The van der Waals surface area contributed by atoms with Crippen LogP contribution in [0, 0.1) is 6.92 Å². The highest BCUT2D eigenvalue weighted by atomic mass is 35.5. The summed E-state index contributed by atoms with van der Waals surface area (Å²) in [6.07, 6.45) is 2.02. The lowest BCUT2D eigenvalue weighted by Crippen LogP contribution is -1.85. The van der Waals surface area contributed by atoms with Crippen molar-refractivity contribution in [3.05, 3.63) is 65.3 Å². The van der Waals surface area contributed by atoms with Crippen molar-refractivity contribution in [1.29, 1.82) is 0 Å². The summed E-state index contributed by atoms with van der Waals surface area (Å²) in [5, 5.41) is 2.93. The number of aryl methyl sites for hydroxylation is 1. The van der Waals surface area contributed by atoms with Gasteiger partial charge in [0.1, 0.15) is 0 Å². The predicted molar refractivity (Wildman–Crippen MR) is 88.8 cm³/mol. The molecule has 0 aliphatic heterocycles. The van der Waals surface area contributed by atoms with Crippen LogP contribution in [0.25, 0.3) is 33.1 Å². The van der Waals surface area contributed by atoms with E-state index in [1.165, 1.54) is 10.9 Å². The Hall–Kier alpha value is -2.32. The molecule has 21 heavy (non-hydrogen) atoms. The summed E-state index contributed by atoms with van der Waals surface area (Å²) in [6, 6.07) is 16.3. The lowest BCUT2D eigenvalue weighted by Gasteiger charge is -2.04. The molecule has 3 heteroatoms. The number of halogens is 1. The smallest absolute Gasteiger partial charge is 0.0895 e. The molecule has 1 N–H and O–H groups in total. The first-order valence-corrected chi connectivity index (χ1v) is 7.24. The first-order chi connectivity index (χ1) is 10.2. The number of benzene rings is 2. The van der Waals surface area contributed by atoms with E-state index in [-0.39, 0.29) is 0 Å². The molecule has 0 aliphatic rings. The van der Waals surface area contributed by atoms with Gasteiger partial charge in [-0.2, -0.15) is 0 Å². The number of nitrogens with one attached hydrogen (secondary N) is 1. The van der Waals surface area contributed by atoms with E-state index in [4.69, 9.17) is 16.6 Å². The number of hydrogen-bond acceptors (Lipinski definition) is 1. The van der Waals surface area contributed by atoms with Crippen LogP contribution in [-0.2, 0) is 0 Å². The molecule has 2 nitrogen and oxygen atoms in total. The van der Waals surface area contributed by atoms with Gasteiger partial charge in [0.25, 0.3) is 0 Å². The molecule has 4 rings (SSSR count). The van der Waals surface area contributed by atoms with Crippen LogP contribution in [0.3, 0.4) is 0 Å². The van der Waals surface area contributed by atoms with Gasteiger partial charge < -0.3 is 4.98 Å². The summed E-state index contributed by atoms with van der Waals surface area (Å²) in [7, 11) is 0. The van der Waals surface area contributed by atoms with Gasteiger partial charge in [0.2, 0.25) is 0 Å². The SMILES string of the molecule is Cc1cccc2c(-c3ccc4cccc(Cl)c4n3)c[nH]c12. The quantitative estimate of drug-likeness (QED) is 0.503. The highest BCUT2D eigenvalue weighted by Crippen LogP contribution is 2.31. The molecule has 0 amide bonds. The van der Waals surface area contributed by atoms with Gasteiger partial charge in [0, 0.05) is 28.0 Å². The molecule has 0 fully saturated rings. The van der Waals surface area contributed by atoms with Gasteiger partial charge in [-0.05, 0) is 24.6 Å². The predicted octanol–water partition coefficient (Wildman–Crippen LogP) is 5.34. The van der Waals surface area contributed by atoms with Crippen LogP contribution in [0.5, 0.6) is 0 Å². The molecule has 2 aromatic carbocycles. The van der Waals surface area contributed by atoms with E-state index in [9.17, 15) is 0 Å². The van der Waals surface area contributed by atoms with Crippen LogP contribution in [-0.4, -0.2) is 9.97 Å². The number of aromatic nitrogens is 2. The first-order valence-electron chi connectivity index (χ1n) is 6.86. The van der Waals surface area contributed by atoms with Gasteiger partial charge in [-0.1, -0.05) is 48.0 Å². The van der Waals surface area contributed by atoms with Gasteiger partial charge in [-0.15, -0.1) is 0 Å². The molecule has 0 radical (unpaired) electrons. The zero-order chi connectivity index (χ0) is 14.4. The van der Waals surface area contributed by atoms with Crippen molar-refractivity contribution in [3.63, 3.8) is 0 Å². The molecule has 0 unspecified atom stereocenters. The number of H-pyrrole nitrogens is 1. The molecule has 102 valence electrons. The molecule has 0 bridgehead atoms. The Labute approximate surface area is 127 Å². The minimum absolute atomic E-state index is 0.686. The van der Waals surface area contributed by atoms with Crippen LogP contribution in [0.15, 0.2) is 54.7 Å². The standard InChI is InChI=1S/C18H13ClN2/c1-11-4-2-6-13-14(10-20-17(11)13)16-9-8-12-5-3-7-15(19)18(12)21-16/h2-10,20H,1H3. The summed E-state index contributed by atoms with van der Waals surface area (Å²) in [6.45, 7) is 2.10. The fourth-order valence-corrected chi connectivity index (χ4v) is 3.00. The normalized spacial score (nSPS) is 11.3. The van der Waals surface area contributed by atoms with Gasteiger partial charge in [0.05, 0.1) is 16.2 Å². The molecular formula is C18H13ClN2. The van der Waals surface area contributed by atoms with Gasteiger partial charge in [-0.3, -0.25) is 0 Å². The molecule has 0 saturated heterocycles. The number of hydrogen-bond donors (Lipinski definition) is 1. The molecule has 0 saturated carbocycles. The Morgan fingerprint density at radius 2 is 1.86 bits per heavy atom. The number of fused-ring (bicyclic) bond motifs is 2. The van der Waals surface area contributed by atoms with E-state index in [1.807, 2.05) is 30.5 Å². The van der Waals surface area contributed by atoms with Crippen LogP contribution in [0.2, 0.25) is 5.02 Å². The minimum atomic E-state index is 0.686. The van der Waals surface area contributed by atoms with E-state index in [2.05, 4.69) is 36.2 Å². The summed E-state index contributed by atoms with van der Waals surface area (Å²) < 4.78 is 0. The van der Waals surface area contributed by atoms with Crippen LogP contribution in [0.1, 0.15) is 5.56 Å². The lowest BCUT2D eigenvalue weighted by molar-refractivity contribution is 1.39. The van der Waals surface area contributed by atoms with E-state index < -0.39 is 0 Å². The zero-order valence-electron chi connectivity index (χ0n) is 11.5. The van der Waals surface area contributed by atoms with Crippen molar-refractivity contribution in [2.45, 2.75) is 6.92 Å². The van der Waals surface area contributed by atoms with E-state index in [0.29, 0.717) is 5.02 Å². The third kappa shape index (κ3) is 1.91. The summed E-state index contributed by atoms with van der Waals surface area (Å²) in [5.41, 5.74) is 5.28. The fourth-order valence-electron chi connectivity index (χ4n) is 2.78. The highest BCUT2D eigenvalue weighted by molar-refractivity contribution is 6.35. The van der Waals surface area contributed by atoms with Crippen molar-refractivity contribution in [3.8, 4) is 11.3 Å². The van der Waals surface area contributed by atoms with Crippen molar-refractivity contribution in [2.24, 2.45) is 0 Å². The Morgan fingerprint density at radius 3 is 2.76 bits per heavy atom. The molecule has 0 atom stereocenters. The second-order valence-electron chi connectivity index (χ2n) is 5.21. The maximum Gasteiger partial charge on any atom is 0.0895 e. The van der Waals surface area contributed by atoms with Crippen molar-refractivity contribution < 1.29 is 0 Å². The van der Waals surface area contributed by atoms with Gasteiger partial charge >= 0.3 is 0 Å². The Balaban J connectivity index is 2.00. The van der Waals surface area contributed by atoms with Crippen LogP contribution < -0.4 is 0 Å². The average molecular weight is 293 g/mol. The van der Waals surface area contributed by atoms with Gasteiger partial charge in [0.15, 0.2) is 0 Å². The summed E-state index contributed by atoms with van der Waals surface area (Å²) in [5.74, 6) is 0. The molecule has 0 aliphatic carbocycles. The third-order valence-electron chi connectivity index (χ3n) is 3.87. The zero-order valence-corrected chi connectivity index (χ0v) is 12.3. The second kappa shape index (κ2) is 4.61. The number of rotatable bonds is 1. The van der Waals surface area contributed by atoms with Crippen molar-refractivity contribution >= 4 is 33.4 Å². The largest absolute Gasteiger partial charge is 0.360 e. The Kier molecular flexibility index (Phi) is 2.72. The summed E-state index contributed by atoms with van der Waals surface area (Å²) >= 11 is 6.26. The van der Waals surface area contributed by atoms with E-state index in [1.54, 1.807) is 0 Å². The topological polar surface area (TPSA) is 28.7 Å². The van der Waals surface area contributed by atoms with Crippen LogP contribution >= 0.6 is 11.6 Å². The maximum absolute atomic E-state index is 6.26. The fraction of sp³-hybridized carbons (Fsp3) is 0.0556. The first kappa shape index (κ1) is 12.4. The molecule has 2 heterocycles. The van der Waals surface area contributed by atoms with Crippen molar-refractivity contribution in [2.75, 3.05) is 0 Å². The number of para-hydroxylation sites is 2. The maximum atomic E-state index is 6.26. The molecule has 2 aromatic heterocycles. The Morgan fingerprint density at radius 1 is 1.00 bits per heavy atom. The van der Waals surface area contributed by atoms with Crippen LogP contribution in [0.4, 0.5) is 0 Å². The molecular weight excluding hydrogens is 280 g/mol. The highest BCUT2D eigenvalue weighted by Gasteiger charge is 2.10. The number of aromatic amines is 1. The minimum Gasteiger partial charge on any atom is -0.360 e. The number of nitrogens with zero attached hydrogens (tertiary/aromatic N) is 1. The average Bonchev–Trinajstić information content (AvgIpc) is 2.93. The monoisotopic (exact) mass is 292 g/mol. The van der Waals surface area contributed by atoms with Gasteiger partial charge in [-0.25, -0.2) is 4.98 Å². The van der Waals surface area contributed by atoms with Crippen molar-refractivity contribution in [1.82, 2.24) is 9.97 Å². The second-order valence-corrected chi connectivity index (χ2v) is 5.62. The summed E-state index contributed by atoms with van der Waals surface area (Å²) in [4.78, 5) is 8.09. The van der Waals surface area contributed by atoms with E-state index >= 15 is 0 Å². The Bertz CT molecular complexity index is 969. The number of pyridine rings is 1. The molecule has 4 aromatic rings. The molecule has 0 spiro atoms. The van der Waals surface area contributed by atoms with E-state index in [0.717, 1.165) is 27.7 Å². The third-order valence-corrected chi connectivity index (χ3v) is 4.18.